The Morgan fingerprint density at radius 1 is 1.09 bits per heavy atom. The fourth-order valence-electron chi connectivity index (χ4n) is 4.84. The molecule has 2 fully saturated rings. The number of nitrogens with one attached hydrogen (secondary N) is 1. The molecule has 1 N–H and O–H groups in total. The molecule has 0 saturated carbocycles. The lowest BCUT2D eigenvalue weighted by atomic mass is 9.92. The van der Waals surface area contributed by atoms with E-state index in [1.807, 2.05) is 18.2 Å². The maximum absolute atomic E-state index is 13.3. The molecule has 0 spiro atoms. The molecule has 0 aliphatic carbocycles. The van der Waals surface area contributed by atoms with Gasteiger partial charge in [-0.3, -0.25) is 14.5 Å². The van der Waals surface area contributed by atoms with Crippen LogP contribution in [0.3, 0.4) is 0 Å². The summed E-state index contributed by atoms with van der Waals surface area (Å²) >= 11 is 0. The maximum Gasteiger partial charge on any atom is 0.325 e. The summed E-state index contributed by atoms with van der Waals surface area (Å²) in [5.74, 6) is 0.0752. The van der Waals surface area contributed by atoms with E-state index in [0.29, 0.717) is 36.8 Å². The van der Waals surface area contributed by atoms with E-state index in [1.54, 1.807) is 11.8 Å². The highest BCUT2D eigenvalue weighted by molar-refractivity contribution is 6.09. The number of hydrogen-bond donors (Lipinski definition) is 1. The van der Waals surface area contributed by atoms with Crippen LogP contribution in [-0.4, -0.2) is 53.9 Å². The maximum atomic E-state index is 13.3. The van der Waals surface area contributed by atoms with E-state index in [2.05, 4.69) is 5.32 Å². The van der Waals surface area contributed by atoms with Gasteiger partial charge < -0.3 is 19.7 Å². The van der Waals surface area contributed by atoms with Gasteiger partial charge in [0.05, 0.1) is 19.3 Å². The third kappa shape index (κ3) is 3.85. The molecular weight excluding hydrogens is 441 g/mol. The van der Waals surface area contributed by atoms with Gasteiger partial charge in [0, 0.05) is 13.0 Å². The van der Waals surface area contributed by atoms with Crippen LogP contribution in [0.15, 0.2) is 42.5 Å². The number of carbonyl (C=O) groups excluding carboxylic acids is 3. The van der Waals surface area contributed by atoms with Crippen molar-refractivity contribution < 1.29 is 28.2 Å². The molecule has 3 aliphatic rings. The average Bonchev–Trinajstić information content (AvgIpc) is 3.30. The van der Waals surface area contributed by atoms with Gasteiger partial charge in [-0.05, 0) is 55.2 Å². The molecule has 5 rings (SSSR count). The molecule has 3 heterocycles. The lowest BCUT2D eigenvalue weighted by Gasteiger charge is -2.27. The average molecular weight is 467 g/mol. The fourth-order valence-corrected chi connectivity index (χ4v) is 4.84. The quantitative estimate of drug-likeness (QED) is 0.698. The van der Waals surface area contributed by atoms with Crippen molar-refractivity contribution in [1.82, 2.24) is 15.1 Å². The first-order valence-corrected chi connectivity index (χ1v) is 11.5. The van der Waals surface area contributed by atoms with Gasteiger partial charge in [0.2, 0.25) is 5.91 Å². The van der Waals surface area contributed by atoms with Gasteiger partial charge in [0.1, 0.15) is 17.9 Å². The van der Waals surface area contributed by atoms with Crippen molar-refractivity contribution in [3.8, 4) is 11.5 Å². The minimum Gasteiger partial charge on any atom is -0.490 e. The fraction of sp³-hybridized carbons (Fsp3) is 0.400. The van der Waals surface area contributed by atoms with Crippen molar-refractivity contribution in [3.63, 3.8) is 0 Å². The standard InChI is InChI=1S/C25H26FN3O5/c1-25(17-6-8-18(26)9-7-17)23(31)29(24(32)27-25)15-22(30)28-11-2-4-19(28)16-5-10-20-21(14-16)34-13-3-12-33-20/h5-10,14,19H,2-4,11-13,15H2,1H3,(H,27,32). The van der Waals surface area contributed by atoms with Crippen molar-refractivity contribution in [2.45, 2.75) is 37.8 Å². The smallest absolute Gasteiger partial charge is 0.325 e. The largest absolute Gasteiger partial charge is 0.490 e. The number of nitrogens with zero attached hydrogens (tertiary/aromatic N) is 2. The summed E-state index contributed by atoms with van der Waals surface area (Å²) in [6, 6.07) is 10.3. The molecule has 2 atom stereocenters. The number of fused-ring (bicyclic) bond motifs is 1. The lowest BCUT2D eigenvalue weighted by molar-refractivity contribution is -0.139. The van der Waals surface area contributed by atoms with E-state index in [1.165, 1.54) is 24.3 Å². The molecule has 178 valence electrons. The van der Waals surface area contributed by atoms with Crippen LogP contribution in [0.4, 0.5) is 9.18 Å². The van der Waals surface area contributed by atoms with Crippen molar-refractivity contribution in [2.75, 3.05) is 26.3 Å². The summed E-state index contributed by atoms with van der Waals surface area (Å²) in [6.07, 6.45) is 2.40. The topological polar surface area (TPSA) is 88.2 Å². The Hall–Kier alpha value is -3.62. The van der Waals surface area contributed by atoms with E-state index < -0.39 is 23.3 Å². The first-order chi connectivity index (χ1) is 16.4. The van der Waals surface area contributed by atoms with Crippen molar-refractivity contribution in [3.05, 3.63) is 59.4 Å². The number of imide groups is 1. The van der Waals surface area contributed by atoms with Crippen LogP contribution in [0.5, 0.6) is 11.5 Å². The number of ether oxygens (including phenoxy) is 2. The second kappa shape index (κ2) is 8.62. The summed E-state index contributed by atoms with van der Waals surface area (Å²) < 4.78 is 24.8. The zero-order valence-electron chi connectivity index (χ0n) is 18.9. The Labute approximate surface area is 196 Å². The lowest BCUT2D eigenvalue weighted by Crippen LogP contribution is -2.44. The second-order valence-corrected chi connectivity index (χ2v) is 8.96. The normalized spacial score (nSPS) is 24.2. The molecule has 8 nitrogen and oxygen atoms in total. The molecule has 9 heteroatoms. The first-order valence-electron chi connectivity index (χ1n) is 11.5. The van der Waals surface area contributed by atoms with Crippen LogP contribution in [0, 0.1) is 5.82 Å². The Bertz CT molecular complexity index is 1140. The van der Waals surface area contributed by atoms with Crippen molar-refractivity contribution >= 4 is 17.8 Å². The zero-order chi connectivity index (χ0) is 23.9. The monoisotopic (exact) mass is 467 g/mol. The number of hydrogen-bond acceptors (Lipinski definition) is 5. The minimum atomic E-state index is -1.36. The van der Waals surface area contributed by atoms with E-state index in [9.17, 15) is 18.8 Å². The Morgan fingerprint density at radius 3 is 2.59 bits per heavy atom. The van der Waals surface area contributed by atoms with Gasteiger partial charge in [-0.25, -0.2) is 9.18 Å². The first kappa shape index (κ1) is 22.2. The second-order valence-electron chi connectivity index (χ2n) is 8.96. The molecule has 0 bridgehead atoms. The molecule has 0 radical (unpaired) electrons. The Kier molecular flexibility index (Phi) is 5.63. The third-order valence-electron chi connectivity index (χ3n) is 6.72. The number of rotatable bonds is 4. The van der Waals surface area contributed by atoms with E-state index in [4.69, 9.17) is 9.47 Å². The minimum absolute atomic E-state index is 0.172. The van der Waals surface area contributed by atoms with Gasteiger partial charge in [-0.2, -0.15) is 0 Å². The number of benzene rings is 2. The third-order valence-corrected chi connectivity index (χ3v) is 6.72. The highest BCUT2D eigenvalue weighted by Crippen LogP contribution is 2.38. The predicted molar refractivity (Wildman–Crippen MR) is 120 cm³/mol. The van der Waals surface area contributed by atoms with Crippen molar-refractivity contribution in [2.24, 2.45) is 0 Å². The highest BCUT2D eigenvalue weighted by Gasteiger charge is 2.50. The molecule has 4 amide bonds. The van der Waals surface area contributed by atoms with Crippen LogP contribution in [-0.2, 0) is 15.1 Å². The molecule has 2 aromatic rings. The van der Waals surface area contributed by atoms with Crippen molar-refractivity contribution in [1.29, 1.82) is 0 Å². The van der Waals surface area contributed by atoms with Crippen LogP contribution in [0.2, 0.25) is 0 Å². The summed E-state index contributed by atoms with van der Waals surface area (Å²) in [6.45, 7) is 2.91. The molecule has 0 aromatic heterocycles. The van der Waals surface area contributed by atoms with E-state index in [0.717, 1.165) is 29.7 Å². The number of halogens is 1. The zero-order valence-corrected chi connectivity index (χ0v) is 18.9. The van der Waals surface area contributed by atoms with E-state index >= 15 is 0 Å². The molecule has 3 aliphatic heterocycles. The number of amides is 4. The highest BCUT2D eigenvalue weighted by atomic mass is 19.1. The summed E-state index contributed by atoms with van der Waals surface area (Å²) in [5, 5.41) is 2.66. The molecule has 34 heavy (non-hydrogen) atoms. The molecule has 2 saturated heterocycles. The van der Waals surface area contributed by atoms with E-state index in [-0.39, 0.29) is 18.5 Å². The van der Waals surface area contributed by atoms with Gasteiger partial charge in [-0.1, -0.05) is 18.2 Å². The van der Waals surface area contributed by atoms with Gasteiger partial charge in [0.15, 0.2) is 11.5 Å². The van der Waals surface area contributed by atoms with Crippen LogP contribution >= 0.6 is 0 Å². The number of likely N-dealkylation sites (tertiary alicyclic amines) is 1. The number of carbonyl (C=O) groups is 3. The van der Waals surface area contributed by atoms with Gasteiger partial charge in [0.25, 0.3) is 5.91 Å². The Balaban J connectivity index is 1.33. The molecular formula is C25H26FN3O5. The van der Waals surface area contributed by atoms with Crippen LogP contribution in [0.1, 0.15) is 43.4 Å². The van der Waals surface area contributed by atoms with Gasteiger partial charge in [-0.15, -0.1) is 0 Å². The van der Waals surface area contributed by atoms with Crippen LogP contribution < -0.4 is 14.8 Å². The SMILES string of the molecule is CC1(c2ccc(F)cc2)NC(=O)N(CC(=O)N2CCCC2c2ccc3c(c2)OCCCO3)C1=O. The van der Waals surface area contributed by atoms with Gasteiger partial charge >= 0.3 is 6.03 Å². The summed E-state index contributed by atoms with van der Waals surface area (Å²) in [7, 11) is 0. The molecule has 2 unspecified atom stereocenters. The summed E-state index contributed by atoms with van der Waals surface area (Å²) in [4.78, 5) is 41.7. The predicted octanol–water partition coefficient (Wildman–Crippen LogP) is 3.12. The summed E-state index contributed by atoms with van der Waals surface area (Å²) in [5.41, 5.74) is 0.0287. The van der Waals surface area contributed by atoms with Crippen LogP contribution in [0.25, 0.3) is 0 Å². The Morgan fingerprint density at radius 2 is 1.82 bits per heavy atom. The number of urea groups is 1. The molecule has 2 aromatic carbocycles.